The first-order chi connectivity index (χ1) is 11.1. The molecule has 6 heteroatoms. The molecule has 0 fully saturated rings. The van der Waals surface area contributed by atoms with Crippen LogP contribution in [0.3, 0.4) is 0 Å². The van der Waals surface area contributed by atoms with Crippen LogP contribution in [0.25, 0.3) is 0 Å². The lowest BCUT2D eigenvalue weighted by atomic mass is 10.1. The minimum absolute atomic E-state index is 0.170. The fraction of sp³-hybridized carbons (Fsp3) is 0.235. The number of carbonyl (C=O) groups is 1. The van der Waals surface area contributed by atoms with Gasteiger partial charge in [-0.25, -0.2) is 4.79 Å². The maximum atomic E-state index is 12.3. The van der Waals surface area contributed by atoms with E-state index in [1.54, 1.807) is 12.1 Å². The maximum Gasteiger partial charge on any atom is 0.342 e. The normalized spacial score (nSPS) is 10.1. The van der Waals surface area contributed by atoms with Gasteiger partial charge in [0.2, 0.25) is 0 Å². The van der Waals surface area contributed by atoms with Crippen molar-refractivity contribution in [3.63, 3.8) is 0 Å². The summed E-state index contributed by atoms with van der Waals surface area (Å²) in [5, 5.41) is 0. The lowest BCUT2D eigenvalue weighted by Gasteiger charge is -2.13. The molecule has 0 radical (unpaired) electrons. The van der Waals surface area contributed by atoms with E-state index < -0.39 is 5.97 Å². The summed E-state index contributed by atoms with van der Waals surface area (Å²) in [6, 6.07) is 10.7. The fourth-order valence-electron chi connectivity index (χ4n) is 2.00. The number of ether oxygens (including phenoxy) is 4. The molecular weight excluding hydrogens is 364 g/mol. The molecule has 0 amide bonds. The molecule has 0 spiro atoms. The third-order valence-electron chi connectivity index (χ3n) is 3.21. The molecule has 5 nitrogen and oxygen atoms in total. The van der Waals surface area contributed by atoms with Crippen LogP contribution in [0.15, 0.2) is 40.9 Å². The maximum absolute atomic E-state index is 12.3. The highest BCUT2D eigenvalue weighted by Gasteiger charge is 2.19. The smallest absolute Gasteiger partial charge is 0.342 e. The van der Waals surface area contributed by atoms with Crippen molar-refractivity contribution in [2.45, 2.75) is 6.61 Å². The molecule has 0 aromatic heterocycles. The first-order valence-corrected chi connectivity index (χ1v) is 7.60. The quantitative estimate of drug-likeness (QED) is 0.712. The molecule has 0 saturated heterocycles. The molecule has 0 aliphatic rings. The Morgan fingerprint density at radius 1 is 0.913 bits per heavy atom. The monoisotopic (exact) mass is 380 g/mol. The van der Waals surface area contributed by atoms with Crippen molar-refractivity contribution < 1.29 is 23.7 Å². The van der Waals surface area contributed by atoms with Gasteiger partial charge in [-0.2, -0.15) is 0 Å². The van der Waals surface area contributed by atoms with Gasteiger partial charge < -0.3 is 18.9 Å². The highest BCUT2D eigenvalue weighted by Crippen LogP contribution is 2.35. The van der Waals surface area contributed by atoms with E-state index in [1.807, 2.05) is 24.3 Å². The van der Waals surface area contributed by atoms with Crippen molar-refractivity contribution in [2.75, 3.05) is 21.3 Å². The molecule has 0 aliphatic carbocycles. The molecule has 23 heavy (non-hydrogen) atoms. The standard InChI is InChI=1S/C17H17BrO5/c1-20-14-9-16(22-3)15(21-2)8-13(14)17(19)23-10-11-4-6-12(18)7-5-11/h4-9H,10H2,1-3H3. The summed E-state index contributed by atoms with van der Waals surface area (Å²) in [6.07, 6.45) is 0. The van der Waals surface area contributed by atoms with E-state index >= 15 is 0 Å². The summed E-state index contributed by atoms with van der Waals surface area (Å²) < 4.78 is 21.9. The van der Waals surface area contributed by atoms with Gasteiger partial charge in [0.25, 0.3) is 0 Å². The predicted octanol–water partition coefficient (Wildman–Crippen LogP) is 3.83. The number of esters is 1. The van der Waals surface area contributed by atoms with E-state index in [0.717, 1.165) is 10.0 Å². The number of benzene rings is 2. The average Bonchev–Trinajstić information content (AvgIpc) is 2.59. The Kier molecular flexibility index (Phi) is 5.87. The van der Waals surface area contributed by atoms with Gasteiger partial charge in [-0.1, -0.05) is 28.1 Å². The van der Waals surface area contributed by atoms with Crippen LogP contribution >= 0.6 is 15.9 Å². The van der Waals surface area contributed by atoms with Gasteiger partial charge in [0.15, 0.2) is 11.5 Å². The molecule has 0 saturated carbocycles. The molecule has 2 aromatic carbocycles. The van der Waals surface area contributed by atoms with Crippen molar-refractivity contribution in [3.8, 4) is 17.2 Å². The summed E-state index contributed by atoms with van der Waals surface area (Å²) in [5.41, 5.74) is 1.17. The van der Waals surface area contributed by atoms with E-state index in [0.29, 0.717) is 17.2 Å². The van der Waals surface area contributed by atoms with Crippen LogP contribution in [0.4, 0.5) is 0 Å². The van der Waals surface area contributed by atoms with Gasteiger partial charge in [-0.05, 0) is 17.7 Å². The molecule has 0 atom stereocenters. The van der Waals surface area contributed by atoms with E-state index in [1.165, 1.54) is 21.3 Å². The minimum atomic E-state index is -0.495. The Labute approximate surface area is 143 Å². The van der Waals surface area contributed by atoms with Crippen molar-refractivity contribution in [1.82, 2.24) is 0 Å². The molecule has 2 aromatic rings. The number of rotatable bonds is 6. The third-order valence-corrected chi connectivity index (χ3v) is 3.74. The summed E-state index contributed by atoms with van der Waals surface area (Å²) in [4.78, 5) is 12.3. The third kappa shape index (κ3) is 4.16. The lowest BCUT2D eigenvalue weighted by molar-refractivity contribution is 0.0468. The van der Waals surface area contributed by atoms with E-state index in [-0.39, 0.29) is 12.2 Å². The highest BCUT2D eigenvalue weighted by molar-refractivity contribution is 9.10. The summed E-state index contributed by atoms with van der Waals surface area (Å²) in [6.45, 7) is 0.170. The Balaban J connectivity index is 2.19. The zero-order valence-electron chi connectivity index (χ0n) is 13.1. The number of hydrogen-bond donors (Lipinski definition) is 0. The van der Waals surface area contributed by atoms with Gasteiger partial charge in [-0.15, -0.1) is 0 Å². The molecule has 0 aliphatic heterocycles. The molecule has 0 bridgehead atoms. The fourth-order valence-corrected chi connectivity index (χ4v) is 2.26. The van der Waals surface area contributed by atoms with Gasteiger partial charge in [-0.3, -0.25) is 0 Å². The second kappa shape index (κ2) is 7.87. The summed E-state index contributed by atoms with van der Waals surface area (Å²) in [7, 11) is 4.50. The number of halogens is 1. The SMILES string of the molecule is COc1cc(OC)c(C(=O)OCc2ccc(Br)cc2)cc1OC. The second-order valence-electron chi connectivity index (χ2n) is 4.61. The van der Waals surface area contributed by atoms with E-state index in [4.69, 9.17) is 18.9 Å². The topological polar surface area (TPSA) is 54.0 Å². The van der Waals surface area contributed by atoms with Gasteiger partial charge in [0.05, 0.1) is 21.3 Å². The molecule has 0 N–H and O–H groups in total. The minimum Gasteiger partial charge on any atom is -0.496 e. The first kappa shape index (κ1) is 17.1. The van der Waals surface area contributed by atoms with E-state index in [2.05, 4.69) is 15.9 Å². The zero-order chi connectivity index (χ0) is 16.8. The second-order valence-corrected chi connectivity index (χ2v) is 5.53. The van der Waals surface area contributed by atoms with Crippen molar-refractivity contribution in [3.05, 3.63) is 52.0 Å². The van der Waals surface area contributed by atoms with Crippen LogP contribution in [0, 0.1) is 0 Å². The Morgan fingerprint density at radius 3 is 2.04 bits per heavy atom. The largest absolute Gasteiger partial charge is 0.496 e. The lowest BCUT2D eigenvalue weighted by Crippen LogP contribution is -2.08. The molecule has 0 heterocycles. The highest BCUT2D eigenvalue weighted by atomic mass is 79.9. The van der Waals surface area contributed by atoms with Crippen LogP contribution < -0.4 is 14.2 Å². The summed E-state index contributed by atoms with van der Waals surface area (Å²) >= 11 is 3.36. The number of carbonyl (C=O) groups excluding carboxylic acids is 1. The Hall–Kier alpha value is -2.21. The first-order valence-electron chi connectivity index (χ1n) is 6.80. The van der Waals surface area contributed by atoms with Crippen LogP contribution in [0.2, 0.25) is 0 Å². The average molecular weight is 381 g/mol. The summed E-state index contributed by atoms with van der Waals surface area (Å²) in [5.74, 6) is 0.784. The van der Waals surface area contributed by atoms with Crippen LogP contribution in [-0.4, -0.2) is 27.3 Å². The molecule has 2 rings (SSSR count). The predicted molar refractivity (Wildman–Crippen MR) is 89.4 cm³/mol. The van der Waals surface area contributed by atoms with Gasteiger partial charge >= 0.3 is 5.97 Å². The number of hydrogen-bond acceptors (Lipinski definition) is 5. The van der Waals surface area contributed by atoms with Crippen molar-refractivity contribution >= 4 is 21.9 Å². The van der Waals surface area contributed by atoms with Crippen molar-refractivity contribution in [2.24, 2.45) is 0 Å². The molecular formula is C17H17BrO5. The van der Waals surface area contributed by atoms with Crippen LogP contribution in [-0.2, 0) is 11.3 Å². The Morgan fingerprint density at radius 2 is 1.48 bits per heavy atom. The van der Waals surface area contributed by atoms with Crippen molar-refractivity contribution in [1.29, 1.82) is 0 Å². The Bertz CT molecular complexity index is 682. The van der Waals surface area contributed by atoms with Crippen LogP contribution in [0.1, 0.15) is 15.9 Å². The molecule has 0 unspecified atom stereocenters. The van der Waals surface area contributed by atoms with E-state index in [9.17, 15) is 4.79 Å². The number of methoxy groups -OCH3 is 3. The van der Waals surface area contributed by atoms with Gasteiger partial charge in [0.1, 0.15) is 17.9 Å². The zero-order valence-corrected chi connectivity index (χ0v) is 14.7. The van der Waals surface area contributed by atoms with Gasteiger partial charge in [0, 0.05) is 16.6 Å². The van der Waals surface area contributed by atoms with Crippen LogP contribution in [0.5, 0.6) is 17.2 Å². The molecule has 122 valence electrons.